The lowest BCUT2D eigenvalue weighted by Gasteiger charge is -2.09. The summed E-state index contributed by atoms with van der Waals surface area (Å²) in [5, 5.41) is 4.00. The molecule has 0 spiro atoms. The Morgan fingerprint density at radius 2 is 1.76 bits per heavy atom. The summed E-state index contributed by atoms with van der Waals surface area (Å²) >= 11 is 0. The van der Waals surface area contributed by atoms with E-state index >= 15 is 0 Å². The van der Waals surface area contributed by atoms with Gasteiger partial charge in [0.25, 0.3) is 0 Å². The maximum absolute atomic E-state index is 12.8. The average molecular weight is 461 g/mol. The van der Waals surface area contributed by atoms with Crippen LogP contribution in [0, 0.1) is 13.8 Å². The fourth-order valence-corrected chi connectivity index (χ4v) is 3.24. The topological polar surface area (TPSA) is 78.6 Å². The molecule has 0 radical (unpaired) electrons. The van der Waals surface area contributed by atoms with Gasteiger partial charge in [-0.25, -0.2) is 4.79 Å². The van der Waals surface area contributed by atoms with Crippen LogP contribution in [0.2, 0.25) is 0 Å². The highest BCUT2D eigenvalue weighted by molar-refractivity contribution is 5.96. The van der Waals surface area contributed by atoms with Crippen LogP contribution in [0.3, 0.4) is 0 Å². The number of ketones is 1. The minimum absolute atomic E-state index is 0.115. The number of carbonyl (C=O) groups is 2. The number of methoxy groups -OCH3 is 1. The highest BCUT2D eigenvalue weighted by atomic mass is 19.4. The van der Waals surface area contributed by atoms with Crippen LogP contribution in [0.1, 0.15) is 39.2 Å². The molecule has 0 aliphatic carbocycles. The Labute approximate surface area is 188 Å². The van der Waals surface area contributed by atoms with Crippen LogP contribution in [-0.4, -0.2) is 30.6 Å². The van der Waals surface area contributed by atoms with E-state index in [1.54, 1.807) is 32.0 Å². The molecular formula is C24H22F3NO5. The van der Waals surface area contributed by atoms with E-state index in [1.807, 2.05) is 0 Å². The molecule has 33 heavy (non-hydrogen) atoms. The number of aryl methyl sites for hydroxylation is 2. The average Bonchev–Trinajstić information content (AvgIpc) is 3.16. The lowest BCUT2D eigenvalue weighted by Crippen LogP contribution is -2.13. The van der Waals surface area contributed by atoms with Crippen LogP contribution in [0.15, 0.2) is 47.0 Å². The van der Waals surface area contributed by atoms with Crippen LogP contribution in [-0.2, 0) is 22.1 Å². The summed E-state index contributed by atoms with van der Waals surface area (Å²) in [5.74, 6) is 0.226. The van der Waals surface area contributed by atoms with E-state index in [9.17, 15) is 22.8 Å². The zero-order valence-corrected chi connectivity index (χ0v) is 18.3. The molecule has 0 saturated carbocycles. The third-order valence-electron chi connectivity index (χ3n) is 5.15. The van der Waals surface area contributed by atoms with Crippen molar-refractivity contribution >= 4 is 11.8 Å². The maximum atomic E-state index is 12.8. The van der Waals surface area contributed by atoms with Crippen molar-refractivity contribution in [3.8, 4) is 17.1 Å². The number of Topliss-reactive ketones (excluding diaryl/α,β-unsaturated/α-hetero) is 1. The number of rotatable bonds is 8. The summed E-state index contributed by atoms with van der Waals surface area (Å²) < 4.78 is 53.5. The van der Waals surface area contributed by atoms with Crippen molar-refractivity contribution in [2.45, 2.75) is 32.9 Å². The highest BCUT2D eigenvalue weighted by Crippen LogP contribution is 2.32. The molecule has 0 aliphatic rings. The molecule has 0 aliphatic heterocycles. The van der Waals surface area contributed by atoms with Crippen molar-refractivity contribution in [2.75, 3.05) is 13.7 Å². The Morgan fingerprint density at radius 1 is 1.06 bits per heavy atom. The van der Waals surface area contributed by atoms with Crippen LogP contribution >= 0.6 is 0 Å². The van der Waals surface area contributed by atoms with Gasteiger partial charge in [0.15, 0.2) is 18.2 Å². The van der Waals surface area contributed by atoms with Gasteiger partial charge in [-0.1, -0.05) is 17.3 Å². The van der Waals surface area contributed by atoms with Crippen LogP contribution in [0.4, 0.5) is 13.2 Å². The van der Waals surface area contributed by atoms with Gasteiger partial charge < -0.3 is 14.0 Å². The number of benzene rings is 2. The Morgan fingerprint density at radius 3 is 2.36 bits per heavy atom. The summed E-state index contributed by atoms with van der Waals surface area (Å²) in [6, 6.07) is 9.55. The van der Waals surface area contributed by atoms with Crippen molar-refractivity contribution in [2.24, 2.45) is 0 Å². The fourth-order valence-electron chi connectivity index (χ4n) is 3.24. The molecule has 6 nitrogen and oxygen atoms in total. The Kier molecular flexibility index (Phi) is 7.20. The second-order valence-electron chi connectivity index (χ2n) is 7.43. The van der Waals surface area contributed by atoms with Crippen LogP contribution in [0.5, 0.6) is 5.75 Å². The van der Waals surface area contributed by atoms with Gasteiger partial charge in [0.2, 0.25) is 0 Å². The van der Waals surface area contributed by atoms with Crippen molar-refractivity contribution in [3.63, 3.8) is 0 Å². The van der Waals surface area contributed by atoms with E-state index in [-0.39, 0.29) is 18.8 Å². The van der Waals surface area contributed by atoms with E-state index in [0.717, 1.165) is 12.1 Å². The standard InChI is InChI=1S/C24H22F3NO5/c1-14-12-17(6-11-21(14)32-13-22(30)31-3)20(29)10-9-19-15(2)23(33-28-19)16-4-7-18(8-5-16)24(25,26)27/h4-8,11-12H,9-10,13H2,1-3H3. The van der Waals surface area contributed by atoms with Crippen molar-refractivity contribution in [1.29, 1.82) is 0 Å². The molecule has 0 fully saturated rings. The SMILES string of the molecule is COC(=O)COc1ccc(C(=O)CCc2noc(-c3ccc(C(F)(F)F)cc3)c2C)cc1C. The third-order valence-corrected chi connectivity index (χ3v) is 5.15. The fraction of sp³-hybridized carbons (Fsp3) is 0.292. The van der Waals surface area contributed by atoms with Gasteiger partial charge in [-0.2, -0.15) is 13.2 Å². The lowest BCUT2D eigenvalue weighted by molar-refractivity contribution is -0.143. The van der Waals surface area contributed by atoms with E-state index in [2.05, 4.69) is 9.89 Å². The number of halogens is 3. The van der Waals surface area contributed by atoms with E-state index in [4.69, 9.17) is 9.26 Å². The molecule has 1 aromatic heterocycles. The predicted molar refractivity (Wildman–Crippen MR) is 113 cm³/mol. The second kappa shape index (κ2) is 9.89. The third kappa shape index (κ3) is 5.79. The van der Waals surface area contributed by atoms with Gasteiger partial charge in [-0.15, -0.1) is 0 Å². The first-order chi connectivity index (χ1) is 15.6. The first-order valence-corrected chi connectivity index (χ1v) is 10.1. The Hall–Kier alpha value is -3.62. The molecule has 0 amide bonds. The van der Waals surface area contributed by atoms with Crippen molar-refractivity contribution < 1.29 is 36.8 Å². The molecular weight excluding hydrogens is 439 g/mol. The monoisotopic (exact) mass is 461 g/mol. The largest absolute Gasteiger partial charge is 0.482 e. The van der Waals surface area contributed by atoms with E-state index in [1.165, 1.54) is 19.2 Å². The van der Waals surface area contributed by atoms with Gasteiger partial charge in [0.05, 0.1) is 18.4 Å². The summed E-state index contributed by atoms with van der Waals surface area (Å²) in [7, 11) is 1.27. The maximum Gasteiger partial charge on any atom is 0.416 e. The molecule has 0 saturated heterocycles. The van der Waals surface area contributed by atoms with Gasteiger partial charge in [0.1, 0.15) is 5.75 Å². The zero-order valence-electron chi connectivity index (χ0n) is 18.3. The molecule has 0 N–H and O–H groups in total. The van der Waals surface area contributed by atoms with Crippen LogP contribution in [0.25, 0.3) is 11.3 Å². The summed E-state index contributed by atoms with van der Waals surface area (Å²) in [6.45, 7) is 3.29. The predicted octanol–water partition coefficient (Wildman–Crippen LogP) is 5.34. The minimum atomic E-state index is -4.41. The number of hydrogen-bond acceptors (Lipinski definition) is 6. The number of alkyl halides is 3. The number of ether oxygens (including phenoxy) is 2. The molecule has 174 valence electrons. The Bertz CT molecular complexity index is 1150. The summed E-state index contributed by atoms with van der Waals surface area (Å²) in [5.41, 5.74) is 2.15. The molecule has 0 atom stereocenters. The quantitative estimate of drug-likeness (QED) is 0.333. The first-order valence-electron chi connectivity index (χ1n) is 10.1. The van der Waals surface area contributed by atoms with Crippen molar-refractivity contribution in [3.05, 3.63) is 70.4 Å². The van der Waals surface area contributed by atoms with Gasteiger partial charge >= 0.3 is 12.1 Å². The number of hydrogen-bond donors (Lipinski definition) is 0. The Balaban J connectivity index is 1.65. The minimum Gasteiger partial charge on any atom is -0.482 e. The molecule has 3 rings (SSSR count). The molecule has 0 unspecified atom stereocenters. The number of nitrogens with zero attached hydrogens (tertiary/aromatic N) is 1. The van der Waals surface area contributed by atoms with Crippen molar-refractivity contribution in [1.82, 2.24) is 5.16 Å². The van der Waals surface area contributed by atoms with E-state index < -0.39 is 17.7 Å². The second-order valence-corrected chi connectivity index (χ2v) is 7.43. The summed E-state index contributed by atoms with van der Waals surface area (Å²) in [4.78, 5) is 23.8. The van der Waals surface area contributed by atoms with Gasteiger partial charge in [-0.05, 0) is 49.7 Å². The van der Waals surface area contributed by atoms with Gasteiger partial charge in [-0.3, -0.25) is 4.79 Å². The highest BCUT2D eigenvalue weighted by Gasteiger charge is 2.30. The zero-order chi connectivity index (χ0) is 24.2. The summed E-state index contributed by atoms with van der Waals surface area (Å²) in [6.07, 6.45) is -3.93. The number of carbonyl (C=O) groups excluding carboxylic acids is 2. The normalized spacial score (nSPS) is 11.3. The smallest absolute Gasteiger partial charge is 0.416 e. The number of aromatic nitrogens is 1. The molecule has 1 heterocycles. The molecule has 2 aromatic carbocycles. The lowest BCUT2D eigenvalue weighted by atomic mass is 10.0. The van der Waals surface area contributed by atoms with Gasteiger partial charge in [0, 0.05) is 29.5 Å². The first kappa shape index (κ1) is 24.0. The molecule has 0 bridgehead atoms. The van der Waals surface area contributed by atoms with Crippen LogP contribution < -0.4 is 4.74 Å². The molecule has 3 aromatic rings. The van der Waals surface area contributed by atoms with E-state index in [0.29, 0.717) is 45.9 Å². The molecule has 9 heteroatoms. The number of esters is 1.